The van der Waals surface area contributed by atoms with E-state index >= 15 is 0 Å². The van der Waals surface area contributed by atoms with Gasteiger partial charge in [-0.05, 0) is 37.1 Å². The zero-order valence-electron chi connectivity index (χ0n) is 9.21. The van der Waals surface area contributed by atoms with Crippen LogP contribution < -0.4 is 10.2 Å². The lowest BCUT2D eigenvalue weighted by Crippen LogP contribution is -2.47. The van der Waals surface area contributed by atoms with Crippen molar-refractivity contribution in [3.63, 3.8) is 0 Å². The number of carbonyl (C=O) groups is 1. The second-order valence-corrected chi connectivity index (χ2v) is 4.12. The number of hydrogen-bond acceptors (Lipinski definition) is 2. The van der Waals surface area contributed by atoms with Crippen LogP contribution >= 0.6 is 0 Å². The van der Waals surface area contributed by atoms with Crippen LogP contribution in [0.2, 0.25) is 0 Å². The van der Waals surface area contributed by atoms with E-state index in [1.807, 2.05) is 0 Å². The van der Waals surface area contributed by atoms with Crippen molar-refractivity contribution in [3.8, 4) is 0 Å². The molecule has 0 unspecified atom stereocenters. The monoisotopic (exact) mass is 204 g/mol. The Kier molecular flexibility index (Phi) is 2.62. The third-order valence-corrected chi connectivity index (χ3v) is 2.61. The minimum absolute atomic E-state index is 0.111. The molecule has 1 aliphatic heterocycles. The van der Waals surface area contributed by atoms with Crippen LogP contribution in [0.15, 0.2) is 18.2 Å². The summed E-state index contributed by atoms with van der Waals surface area (Å²) in [5.41, 5.74) is 3.65. The van der Waals surface area contributed by atoms with E-state index in [1.165, 1.54) is 11.1 Å². The summed E-state index contributed by atoms with van der Waals surface area (Å²) in [6, 6.07) is 6.41. The number of nitrogens with one attached hydrogen (secondary N) is 1. The molecule has 1 fully saturated rings. The topological polar surface area (TPSA) is 32.3 Å². The Morgan fingerprint density at radius 2 is 1.87 bits per heavy atom. The van der Waals surface area contributed by atoms with Gasteiger partial charge in [-0.2, -0.15) is 0 Å². The Morgan fingerprint density at radius 1 is 1.20 bits per heavy atom. The van der Waals surface area contributed by atoms with Crippen LogP contribution in [-0.2, 0) is 4.79 Å². The van der Waals surface area contributed by atoms with Gasteiger partial charge in [0.25, 0.3) is 0 Å². The fraction of sp³-hybridized carbons (Fsp3) is 0.417. The van der Waals surface area contributed by atoms with Gasteiger partial charge in [0.05, 0.1) is 6.54 Å². The molecule has 2 rings (SSSR count). The lowest BCUT2D eigenvalue weighted by atomic mass is 10.1. The Labute approximate surface area is 90.1 Å². The number of anilines is 1. The fourth-order valence-corrected chi connectivity index (χ4v) is 1.99. The van der Waals surface area contributed by atoms with Crippen molar-refractivity contribution in [3.05, 3.63) is 29.3 Å². The molecule has 0 atom stereocenters. The summed E-state index contributed by atoms with van der Waals surface area (Å²) in [6.07, 6.45) is 0. The van der Waals surface area contributed by atoms with Gasteiger partial charge in [-0.3, -0.25) is 4.79 Å². The molecule has 1 heterocycles. The quantitative estimate of drug-likeness (QED) is 0.746. The predicted octanol–water partition coefficient (Wildman–Crippen LogP) is 1.24. The molecule has 0 saturated carbocycles. The van der Waals surface area contributed by atoms with Crippen LogP contribution in [0, 0.1) is 13.8 Å². The first-order valence-corrected chi connectivity index (χ1v) is 5.25. The molecule has 0 aromatic heterocycles. The number of aryl methyl sites for hydroxylation is 2. The molecule has 1 saturated heterocycles. The Bertz CT molecular complexity index is 367. The number of amides is 1. The number of carbonyl (C=O) groups excluding carboxylic acids is 1. The summed E-state index contributed by atoms with van der Waals surface area (Å²) in [5.74, 6) is 0.111. The Morgan fingerprint density at radius 3 is 2.47 bits per heavy atom. The minimum Gasteiger partial charge on any atom is -0.360 e. The fourth-order valence-electron chi connectivity index (χ4n) is 1.99. The van der Waals surface area contributed by atoms with Gasteiger partial charge < -0.3 is 10.2 Å². The smallest absolute Gasteiger partial charge is 0.239 e. The normalized spacial score (nSPS) is 16.4. The number of rotatable bonds is 1. The van der Waals surface area contributed by atoms with Gasteiger partial charge in [0.2, 0.25) is 5.91 Å². The van der Waals surface area contributed by atoms with E-state index in [0.717, 1.165) is 18.8 Å². The van der Waals surface area contributed by atoms with Gasteiger partial charge in [-0.15, -0.1) is 0 Å². The van der Waals surface area contributed by atoms with Crippen molar-refractivity contribution < 1.29 is 4.79 Å². The first kappa shape index (κ1) is 10.0. The molecule has 0 bridgehead atoms. The van der Waals surface area contributed by atoms with Crippen LogP contribution in [-0.4, -0.2) is 25.5 Å². The SMILES string of the molecule is Cc1cc(C)cc(N2CCNC(=O)C2)c1. The third kappa shape index (κ3) is 2.29. The van der Waals surface area contributed by atoms with E-state index in [9.17, 15) is 4.79 Å². The Hall–Kier alpha value is -1.51. The van der Waals surface area contributed by atoms with Crippen molar-refractivity contribution in [2.75, 3.05) is 24.5 Å². The first-order chi connectivity index (χ1) is 7.15. The van der Waals surface area contributed by atoms with E-state index in [2.05, 4.69) is 42.3 Å². The molecule has 3 nitrogen and oxygen atoms in total. The maximum Gasteiger partial charge on any atom is 0.239 e. The lowest BCUT2D eigenvalue weighted by Gasteiger charge is -2.29. The average molecular weight is 204 g/mol. The van der Waals surface area contributed by atoms with Crippen LogP contribution in [0.3, 0.4) is 0 Å². The minimum atomic E-state index is 0.111. The van der Waals surface area contributed by atoms with Crippen molar-refractivity contribution >= 4 is 11.6 Å². The second kappa shape index (κ2) is 3.93. The molecule has 1 N–H and O–H groups in total. The highest BCUT2D eigenvalue weighted by molar-refractivity contribution is 5.82. The van der Waals surface area contributed by atoms with E-state index < -0.39 is 0 Å². The van der Waals surface area contributed by atoms with Crippen molar-refractivity contribution in [2.24, 2.45) is 0 Å². The van der Waals surface area contributed by atoms with Crippen LogP contribution in [0.4, 0.5) is 5.69 Å². The maximum atomic E-state index is 11.3. The molecule has 15 heavy (non-hydrogen) atoms. The summed E-state index contributed by atoms with van der Waals surface area (Å²) in [6.45, 7) is 6.28. The highest BCUT2D eigenvalue weighted by Crippen LogP contribution is 2.18. The van der Waals surface area contributed by atoms with Gasteiger partial charge in [0, 0.05) is 18.8 Å². The summed E-state index contributed by atoms with van der Waals surface area (Å²) in [5, 5.41) is 2.83. The lowest BCUT2D eigenvalue weighted by molar-refractivity contribution is -0.120. The molecule has 3 heteroatoms. The summed E-state index contributed by atoms with van der Waals surface area (Å²) in [4.78, 5) is 13.4. The number of piperazine rings is 1. The number of benzene rings is 1. The second-order valence-electron chi connectivity index (χ2n) is 4.12. The highest BCUT2D eigenvalue weighted by Gasteiger charge is 2.16. The van der Waals surface area contributed by atoms with Gasteiger partial charge in [-0.1, -0.05) is 6.07 Å². The van der Waals surface area contributed by atoms with Gasteiger partial charge in [-0.25, -0.2) is 0 Å². The summed E-state index contributed by atoms with van der Waals surface area (Å²) in [7, 11) is 0. The molecule has 0 radical (unpaired) electrons. The van der Waals surface area contributed by atoms with E-state index in [0.29, 0.717) is 6.54 Å². The molecule has 1 aliphatic rings. The zero-order valence-corrected chi connectivity index (χ0v) is 9.21. The molecule has 1 aromatic carbocycles. The predicted molar refractivity (Wildman–Crippen MR) is 61.1 cm³/mol. The van der Waals surface area contributed by atoms with Crippen molar-refractivity contribution in [2.45, 2.75) is 13.8 Å². The van der Waals surface area contributed by atoms with Crippen LogP contribution in [0.5, 0.6) is 0 Å². The number of nitrogens with zero attached hydrogens (tertiary/aromatic N) is 1. The molecule has 1 amide bonds. The molecule has 0 aliphatic carbocycles. The van der Waals surface area contributed by atoms with Gasteiger partial charge in [0.1, 0.15) is 0 Å². The van der Waals surface area contributed by atoms with Crippen molar-refractivity contribution in [1.82, 2.24) is 5.32 Å². The molecular formula is C12H16N2O. The summed E-state index contributed by atoms with van der Waals surface area (Å²) < 4.78 is 0. The van der Waals surface area contributed by atoms with E-state index in [1.54, 1.807) is 0 Å². The Balaban J connectivity index is 2.24. The third-order valence-electron chi connectivity index (χ3n) is 2.61. The van der Waals surface area contributed by atoms with Gasteiger partial charge >= 0.3 is 0 Å². The van der Waals surface area contributed by atoms with Crippen LogP contribution in [0.1, 0.15) is 11.1 Å². The first-order valence-electron chi connectivity index (χ1n) is 5.25. The van der Waals surface area contributed by atoms with Gasteiger partial charge in [0.15, 0.2) is 0 Å². The maximum absolute atomic E-state index is 11.3. The van der Waals surface area contributed by atoms with E-state index in [4.69, 9.17) is 0 Å². The summed E-state index contributed by atoms with van der Waals surface area (Å²) >= 11 is 0. The zero-order chi connectivity index (χ0) is 10.8. The molecule has 1 aromatic rings. The molecule has 80 valence electrons. The van der Waals surface area contributed by atoms with E-state index in [-0.39, 0.29) is 5.91 Å². The average Bonchev–Trinajstić information content (AvgIpc) is 2.16. The van der Waals surface area contributed by atoms with Crippen molar-refractivity contribution in [1.29, 1.82) is 0 Å². The highest BCUT2D eigenvalue weighted by atomic mass is 16.2. The molecule has 0 spiro atoms. The molecular weight excluding hydrogens is 188 g/mol. The number of hydrogen-bond donors (Lipinski definition) is 1. The standard InChI is InChI=1S/C12H16N2O/c1-9-5-10(2)7-11(6-9)14-4-3-13-12(15)8-14/h5-7H,3-4,8H2,1-2H3,(H,13,15). The largest absolute Gasteiger partial charge is 0.360 e. The van der Waals surface area contributed by atoms with Crippen LogP contribution in [0.25, 0.3) is 0 Å².